The van der Waals surface area contributed by atoms with Gasteiger partial charge < -0.3 is 14.8 Å². The molecule has 30 heavy (non-hydrogen) atoms. The Kier molecular flexibility index (Phi) is 4.92. The molecule has 4 fully saturated rings. The van der Waals surface area contributed by atoms with Gasteiger partial charge in [-0.05, 0) is 91.3 Å². The van der Waals surface area contributed by atoms with Crippen LogP contribution in [0.5, 0.6) is 11.5 Å². The highest BCUT2D eigenvalue weighted by molar-refractivity contribution is 5.86. The molecule has 0 unspecified atom stereocenters. The molecule has 4 aliphatic carbocycles. The molecule has 158 valence electrons. The third-order valence-electron chi connectivity index (χ3n) is 7.39. The van der Waals surface area contributed by atoms with Crippen molar-refractivity contribution < 1.29 is 19.1 Å². The van der Waals surface area contributed by atoms with E-state index in [1.807, 2.05) is 30.3 Å². The van der Waals surface area contributed by atoms with Gasteiger partial charge in [-0.1, -0.05) is 12.1 Å². The van der Waals surface area contributed by atoms with Crippen molar-refractivity contribution >= 4 is 22.6 Å². The molecular formula is C25H29NO4. The molecule has 6 rings (SSSR count). The zero-order valence-electron chi connectivity index (χ0n) is 17.5. The van der Waals surface area contributed by atoms with E-state index < -0.39 is 0 Å². The third-order valence-corrected chi connectivity index (χ3v) is 7.39. The smallest absolute Gasteiger partial charge is 0.312 e. The van der Waals surface area contributed by atoms with Crippen molar-refractivity contribution in [3.05, 3.63) is 36.4 Å². The molecule has 0 spiro atoms. The lowest BCUT2D eigenvalue weighted by Crippen LogP contribution is -2.53. The van der Waals surface area contributed by atoms with Crippen molar-refractivity contribution in [3.63, 3.8) is 0 Å². The molecule has 5 nitrogen and oxygen atoms in total. The number of ether oxygens (including phenoxy) is 2. The van der Waals surface area contributed by atoms with E-state index >= 15 is 0 Å². The number of rotatable bonds is 6. The Labute approximate surface area is 177 Å². The molecular weight excluding hydrogens is 378 g/mol. The van der Waals surface area contributed by atoms with Crippen molar-refractivity contribution in [2.24, 2.45) is 23.2 Å². The Morgan fingerprint density at radius 2 is 1.53 bits per heavy atom. The van der Waals surface area contributed by atoms with Crippen molar-refractivity contribution in [1.29, 1.82) is 0 Å². The monoisotopic (exact) mass is 407 g/mol. The Bertz CT molecular complexity index is 947. The van der Waals surface area contributed by atoms with E-state index in [0.717, 1.165) is 53.5 Å². The lowest BCUT2D eigenvalue weighted by molar-refractivity contribution is -0.146. The summed E-state index contributed by atoms with van der Waals surface area (Å²) in [7, 11) is 1.63. The molecule has 0 aliphatic heterocycles. The van der Waals surface area contributed by atoms with Gasteiger partial charge in [0, 0.05) is 12.0 Å². The fourth-order valence-electron chi connectivity index (χ4n) is 6.43. The van der Waals surface area contributed by atoms with E-state index in [-0.39, 0.29) is 23.7 Å². The van der Waals surface area contributed by atoms with Crippen molar-refractivity contribution in [3.8, 4) is 11.5 Å². The predicted molar refractivity (Wildman–Crippen MR) is 114 cm³/mol. The third kappa shape index (κ3) is 3.66. The summed E-state index contributed by atoms with van der Waals surface area (Å²) in [5.41, 5.74) is -0.171. The second kappa shape index (κ2) is 7.60. The van der Waals surface area contributed by atoms with Crippen LogP contribution in [-0.4, -0.2) is 25.5 Å². The topological polar surface area (TPSA) is 64.6 Å². The second-order valence-corrected chi connectivity index (χ2v) is 9.55. The number of benzene rings is 2. The number of esters is 1. The average Bonchev–Trinajstić information content (AvgIpc) is 2.72. The largest absolute Gasteiger partial charge is 0.497 e. The minimum atomic E-state index is -0.331. The van der Waals surface area contributed by atoms with E-state index in [2.05, 4.69) is 5.32 Å². The van der Waals surface area contributed by atoms with Crippen LogP contribution in [0.15, 0.2) is 36.4 Å². The number of hydrogen-bond donors (Lipinski definition) is 1. The highest BCUT2D eigenvalue weighted by Crippen LogP contribution is 2.60. The van der Waals surface area contributed by atoms with Crippen LogP contribution >= 0.6 is 0 Å². The van der Waals surface area contributed by atoms with Crippen LogP contribution < -0.4 is 14.8 Å². The number of hydrogen-bond acceptors (Lipinski definition) is 4. The van der Waals surface area contributed by atoms with Crippen LogP contribution in [0.2, 0.25) is 0 Å². The van der Waals surface area contributed by atoms with Crippen LogP contribution in [0.4, 0.5) is 0 Å². The molecule has 0 radical (unpaired) electrons. The fraction of sp³-hybridized carbons (Fsp3) is 0.520. The van der Waals surface area contributed by atoms with Gasteiger partial charge in [-0.3, -0.25) is 9.59 Å². The molecule has 4 saturated carbocycles. The Morgan fingerprint density at radius 1 is 0.933 bits per heavy atom. The summed E-state index contributed by atoms with van der Waals surface area (Å²) >= 11 is 0. The van der Waals surface area contributed by atoms with Crippen LogP contribution in [0.3, 0.4) is 0 Å². The Hall–Kier alpha value is -2.56. The maximum absolute atomic E-state index is 13.0. The number of fused-ring (bicyclic) bond motifs is 1. The van der Waals surface area contributed by atoms with Gasteiger partial charge >= 0.3 is 5.97 Å². The summed E-state index contributed by atoms with van der Waals surface area (Å²) in [6.07, 6.45) is 7.24. The standard InChI is InChI=1S/C25H29NO4/c1-29-21-4-2-19-3-5-22(12-20(19)11-21)30-23(27)6-7-26-24(28)25-13-16-8-17(14-25)10-18(9-16)15-25/h2-5,11-12,16-18H,6-10,13-15H2,1H3,(H,26,28). The normalized spacial score (nSPS) is 29.0. The lowest BCUT2D eigenvalue weighted by Gasteiger charge is -2.55. The SMILES string of the molecule is COc1ccc2ccc(OC(=O)CCNC(=O)C34CC5CC(CC(C5)C3)C4)cc2c1. The molecule has 1 N–H and O–H groups in total. The van der Waals surface area contributed by atoms with Gasteiger partial charge in [0.2, 0.25) is 5.91 Å². The van der Waals surface area contributed by atoms with Crippen LogP contribution in [0, 0.1) is 23.2 Å². The van der Waals surface area contributed by atoms with Gasteiger partial charge in [-0.2, -0.15) is 0 Å². The number of amides is 1. The molecule has 0 atom stereocenters. The van der Waals surface area contributed by atoms with Gasteiger partial charge in [0.05, 0.1) is 13.5 Å². The first-order chi connectivity index (χ1) is 14.5. The van der Waals surface area contributed by atoms with E-state index in [1.165, 1.54) is 19.3 Å². The highest BCUT2D eigenvalue weighted by Gasteiger charge is 2.54. The summed E-state index contributed by atoms with van der Waals surface area (Å²) in [6, 6.07) is 11.3. The van der Waals surface area contributed by atoms with E-state index in [0.29, 0.717) is 12.3 Å². The maximum atomic E-state index is 13.0. The lowest BCUT2D eigenvalue weighted by atomic mass is 9.49. The quantitative estimate of drug-likeness (QED) is 0.567. The minimum absolute atomic E-state index is 0.159. The first-order valence-electron chi connectivity index (χ1n) is 11.1. The summed E-state index contributed by atoms with van der Waals surface area (Å²) in [4.78, 5) is 25.3. The van der Waals surface area contributed by atoms with Gasteiger partial charge in [-0.15, -0.1) is 0 Å². The molecule has 4 aliphatic rings. The Balaban J connectivity index is 1.15. The summed E-state index contributed by atoms with van der Waals surface area (Å²) in [5.74, 6) is 3.30. The molecule has 0 aromatic heterocycles. The number of nitrogens with one attached hydrogen (secondary N) is 1. The summed E-state index contributed by atoms with van der Waals surface area (Å²) in [5, 5.41) is 5.05. The van der Waals surface area contributed by atoms with E-state index in [9.17, 15) is 9.59 Å². The van der Waals surface area contributed by atoms with Gasteiger partial charge in [0.15, 0.2) is 0 Å². The van der Waals surface area contributed by atoms with Crippen LogP contribution in [0.1, 0.15) is 44.9 Å². The number of methoxy groups -OCH3 is 1. The molecule has 0 heterocycles. The van der Waals surface area contributed by atoms with Crippen molar-refractivity contribution in [2.45, 2.75) is 44.9 Å². The zero-order chi connectivity index (χ0) is 20.7. The van der Waals surface area contributed by atoms with Gasteiger partial charge in [0.25, 0.3) is 0 Å². The highest BCUT2D eigenvalue weighted by atomic mass is 16.5. The zero-order valence-corrected chi connectivity index (χ0v) is 17.5. The first-order valence-corrected chi connectivity index (χ1v) is 11.1. The minimum Gasteiger partial charge on any atom is -0.497 e. The molecule has 5 heteroatoms. The molecule has 0 saturated heterocycles. The predicted octanol–water partition coefficient (Wildman–Crippen LogP) is 4.48. The fourth-order valence-corrected chi connectivity index (χ4v) is 6.43. The van der Waals surface area contributed by atoms with Crippen molar-refractivity contribution in [2.75, 3.05) is 13.7 Å². The molecule has 4 bridgehead atoms. The van der Waals surface area contributed by atoms with Crippen LogP contribution in [0.25, 0.3) is 10.8 Å². The average molecular weight is 408 g/mol. The first kappa shape index (κ1) is 19.4. The van der Waals surface area contributed by atoms with E-state index in [1.54, 1.807) is 13.2 Å². The summed E-state index contributed by atoms with van der Waals surface area (Å²) < 4.78 is 10.8. The van der Waals surface area contributed by atoms with Gasteiger partial charge in [0.1, 0.15) is 11.5 Å². The van der Waals surface area contributed by atoms with Crippen LogP contribution in [-0.2, 0) is 9.59 Å². The van der Waals surface area contributed by atoms with E-state index in [4.69, 9.17) is 9.47 Å². The summed E-state index contributed by atoms with van der Waals surface area (Å²) in [6.45, 7) is 0.334. The number of carbonyl (C=O) groups excluding carboxylic acids is 2. The molecule has 1 amide bonds. The van der Waals surface area contributed by atoms with Crippen molar-refractivity contribution in [1.82, 2.24) is 5.32 Å². The maximum Gasteiger partial charge on any atom is 0.312 e. The van der Waals surface area contributed by atoms with Gasteiger partial charge in [-0.25, -0.2) is 0 Å². The second-order valence-electron chi connectivity index (χ2n) is 9.55. The number of carbonyl (C=O) groups is 2. The Morgan fingerprint density at radius 3 is 2.17 bits per heavy atom. The molecule has 2 aromatic rings. The molecule has 2 aromatic carbocycles.